The predicted octanol–water partition coefficient (Wildman–Crippen LogP) is -0.421. The van der Waals surface area contributed by atoms with Crippen molar-refractivity contribution in [1.82, 2.24) is 35.1 Å². The Labute approximate surface area is 183 Å². The fraction of sp³-hybridized carbons (Fsp3) is 0.467. The minimum absolute atomic E-state index is 0.0134. The molecule has 0 aliphatic carbocycles. The number of rotatable bonds is 9. The number of carbonyl (C=O) groups is 2. The van der Waals surface area contributed by atoms with Crippen molar-refractivity contribution in [2.24, 2.45) is 7.05 Å². The number of hydrogen-bond donors (Lipinski definition) is 3. The van der Waals surface area contributed by atoms with Gasteiger partial charge in [-0.25, -0.2) is 14.5 Å². The van der Waals surface area contributed by atoms with E-state index in [4.69, 9.17) is 0 Å². The number of amides is 1. The second-order valence-electron chi connectivity index (χ2n) is 6.71. The Hall–Kier alpha value is -3.14. The molecule has 4 heterocycles. The number of carbonyl (C=O) groups excluding carboxylic acids is 1. The molecular formula is C15H17N9O5S2. The van der Waals surface area contributed by atoms with Crippen LogP contribution in [0.2, 0.25) is 0 Å². The highest BCUT2D eigenvalue weighted by Gasteiger charge is 2.53. The average molecular weight is 467 g/mol. The molecule has 1 amide bonds. The molecule has 14 nitrogen and oxygen atoms in total. The number of nitro groups is 1. The number of β-lactam (4-membered cyclic amide) rings is 1. The highest BCUT2D eigenvalue weighted by Crippen LogP contribution is 2.42. The van der Waals surface area contributed by atoms with Crippen LogP contribution in [0.3, 0.4) is 0 Å². The number of carboxylic acid groups (broad SMARTS) is 1. The zero-order valence-corrected chi connectivity index (χ0v) is 17.7. The van der Waals surface area contributed by atoms with E-state index in [9.17, 15) is 24.8 Å². The van der Waals surface area contributed by atoms with Gasteiger partial charge in [0.15, 0.2) is 0 Å². The largest absolute Gasteiger partial charge is 0.477 e. The van der Waals surface area contributed by atoms with Crippen molar-refractivity contribution in [1.29, 1.82) is 0 Å². The summed E-state index contributed by atoms with van der Waals surface area (Å²) in [6, 6.07) is -0.647. The number of hydrogen-bond acceptors (Lipinski definition) is 11. The van der Waals surface area contributed by atoms with Crippen LogP contribution >= 0.6 is 23.5 Å². The van der Waals surface area contributed by atoms with Crippen LogP contribution in [-0.2, 0) is 23.1 Å². The molecular weight excluding hydrogens is 450 g/mol. The summed E-state index contributed by atoms with van der Waals surface area (Å²) in [6.07, 6.45) is 1.71. The lowest BCUT2D eigenvalue weighted by molar-refractivity contribution is -0.479. The van der Waals surface area contributed by atoms with Crippen LogP contribution in [0.5, 0.6) is 0 Å². The van der Waals surface area contributed by atoms with Crippen molar-refractivity contribution < 1.29 is 19.6 Å². The van der Waals surface area contributed by atoms with Gasteiger partial charge in [-0.3, -0.25) is 19.8 Å². The standard InChI is InChI=1S/C15H17N9O5S2/c1-22-15(19-20-21-22)31-6-7-5-30-12-9(11(25)24(12)10(7)13(26)27)18-14-16-4-8(17-14)2-3-23(28)29/h4,9,12H,2-3,5-6H2,1H3,(H,26,27)(H2,16,17,18)/t9?,12-/m0/s1. The number of thioether (sulfide) groups is 2. The Balaban J connectivity index is 1.44. The lowest BCUT2D eigenvalue weighted by atomic mass is 10.0. The molecule has 1 fully saturated rings. The number of imidazole rings is 1. The minimum Gasteiger partial charge on any atom is -0.477 e. The topological polar surface area (TPSA) is 185 Å². The Kier molecular flexibility index (Phi) is 5.81. The van der Waals surface area contributed by atoms with Crippen molar-refractivity contribution in [3.05, 3.63) is 33.3 Å². The zero-order chi connectivity index (χ0) is 22.1. The number of fused-ring (bicyclic) bond motifs is 1. The first-order valence-electron chi connectivity index (χ1n) is 9.03. The maximum atomic E-state index is 12.7. The van der Waals surface area contributed by atoms with Crippen molar-refractivity contribution in [2.75, 3.05) is 23.4 Å². The number of H-pyrrole nitrogens is 1. The van der Waals surface area contributed by atoms with E-state index in [2.05, 4.69) is 30.8 Å². The summed E-state index contributed by atoms with van der Waals surface area (Å²) in [5.41, 5.74) is 1.11. The maximum Gasteiger partial charge on any atom is 0.352 e. The number of carboxylic acids is 1. The molecule has 31 heavy (non-hydrogen) atoms. The Morgan fingerprint density at radius 3 is 3.03 bits per heavy atom. The summed E-state index contributed by atoms with van der Waals surface area (Å²) in [4.78, 5) is 43.1. The number of aliphatic carboxylic acids is 1. The molecule has 2 atom stereocenters. The van der Waals surface area contributed by atoms with E-state index in [1.54, 1.807) is 13.2 Å². The monoisotopic (exact) mass is 467 g/mol. The Morgan fingerprint density at radius 2 is 2.35 bits per heavy atom. The number of aryl methyl sites for hydroxylation is 1. The van der Waals surface area contributed by atoms with E-state index in [1.165, 1.54) is 33.1 Å². The van der Waals surface area contributed by atoms with Crippen LogP contribution in [0.15, 0.2) is 22.6 Å². The van der Waals surface area contributed by atoms with Crippen molar-refractivity contribution in [3.63, 3.8) is 0 Å². The molecule has 1 saturated heterocycles. The molecule has 0 spiro atoms. The molecule has 2 aliphatic rings. The predicted molar refractivity (Wildman–Crippen MR) is 109 cm³/mol. The van der Waals surface area contributed by atoms with Crippen LogP contribution in [0.25, 0.3) is 0 Å². The number of aromatic nitrogens is 6. The lowest BCUT2D eigenvalue weighted by Crippen LogP contribution is -2.67. The number of nitrogens with one attached hydrogen (secondary N) is 2. The van der Waals surface area contributed by atoms with Crippen LogP contribution in [0, 0.1) is 10.1 Å². The van der Waals surface area contributed by atoms with Crippen LogP contribution in [-0.4, -0.2) is 86.4 Å². The van der Waals surface area contributed by atoms with E-state index in [1.807, 2.05) is 0 Å². The van der Waals surface area contributed by atoms with Gasteiger partial charge < -0.3 is 15.4 Å². The van der Waals surface area contributed by atoms with Gasteiger partial charge in [-0.05, 0) is 16.0 Å². The summed E-state index contributed by atoms with van der Waals surface area (Å²) in [5.74, 6) is -0.438. The van der Waals surface area contributed by atoms with Crippen LogP contribution in [0.1, 0.15) is 5.69 Å². The summed E-state index contributed by atoms with van der Waals surface area (Å²) in [6.45, 7) is -0.239. The lowest BCUT2D eigenvalue weighted by Gasteiger charge is -2.49. The van der Waals surface area contributed by atoms with Crippen molar-refractivity contribution in [2.45, 2.75) is 23.0 Å². The molecule has 2 aromatic heterocycles. The molecule has 2 aromatic rings. The van der Waals surface area contributed by atoms with Crippen LogP contribution in [0.4, 0.5) is 5.95 Å². The molecule has 1 unspecified atom stereocenters. The van der Waals surface area contributed by atoms with E-state index < -0.39 is 22.3 Å². The maximum absolute atomic E-state index is 12.7. The van der Waals surface area contributed by atoms with Crippen molar-refractivity contribution >= 4 is 41.3 Å². The SMILES string of the molecule is Cn1nnnc1SCC1=C(C(=O)O)N2C(=O)C(Nc3nc(CC[N+](=O)[O-])c[nH]3)[C@@H]2SC1. The highest BCUT2D eigenvalue weighted by atomic mass is 32.2. The quantitative estimate of drug-likeness (QED) is 0.187. The number of anilines is 1. The van der Waals surface area contributed by atoms with Gasteiger partial charge in [-0.2, -0.15) is 0 Å². The zero-order valence-electron chi connectivity index (χ0n) is 16.1. The molecule has 16 heteroatoms. The van der Waals surface area contributed by atoms with Gasteiger partial charge in [-0.15, -0.1) is 16.9 Å². The van der Waals surface area contributed by atoms with Gasteiger partial charge >= 0.3 is 5.97 Å². The molecule has 164 valence electrons. The van der Waals surface area contributed by atoms with E-state index in [-0.39, 0.29) is 24.6 Å². The fourth-order valence-electron chi connectivity index (χ4n) is 3.20. The molecule has 0 radical (unpaired) electrons. The number of aromatic amines is 1. The van der Waals surface area contributed by atoms with Gasteiger partial charge in [0.05, 0.1) is 12.1 Å². The summed E-state index contributed by atoms with van der Waals surface area (Å²) in [5, 5.41) is 34.5. The van der Waals surface area contributed by atoms with E-state index in [0.29, 0.717) is 33.9 Å². The molecule has 2 aliphatic heterocycles. The fourth-order valence-corrected chi connectivity index (χ4v) is 5.54. The first-order valence-corrected chi connectivity index (χ1v) is 11.1. The summed E-state index contributed by atoms with van der Waals surface area (Å²) < 4.78 is 1.49. The van der Waals surface area contributed by atoms with Crippen molar-refractivity contribution in [3.8, 4) is 0 Å². The molecule has 0 bridgehead atoms. The summed E-state index contributed by atoms with van der Waals surface area (Å²) in [7, 11) is 1.69. The second-order valence-corrected chi connectivity index (χ2v) is 8.76. The molecule has 0 saturated carbocycles. The molecule has 4 rings (SSSR count). The van der Waals surface area contributed by atoms with Gasteiger partial charge in [-0.1, -0.05) is 11.8 Å². The average Bonchev–Trinajstić information content (AvgIpc) is 3.36. The normalized spacial score (nSPS) is 20.4. The number of nitrogens with zero attached hydrogens (tertiary/aromatic N) is 7. The number of tetrazole rings is 1. The van der Waals surface area contributed by atoms with Gasteiger partial charge in [0.25, 0.3) is 5.91 Å². The third kappa shape index (κ3) is 4.20. The smallest absolute Gasteiger partial charge is 0.352 e. The van der Waals surface area contributed by atoms with E-state index in [0.717, 1.165) is 0 Å². The second kappa shape index (κ2) is 8.54. The third-order valence-electron chi connectivity index (χ3n) is 4.68. The Morgan fingerprint density at radius 1 is 1.55 bits per heavy atom. The van der Waals surface area contributed by atoms with Gasteiger partial charge in [0.2, 0.25) is 17.6 Å². The van der Waals surface area contributed by atoms with Crippen LogP contribution < -0.4 is 5.32 Å². The van der Waals surface area contributed by atoms with E-state index >= 15 is 0 Å². The first kappa shape index (κ1) is 21.1. The molecule has 0 aromatic carbocycles. The summed E-state index contributed by atoms with van der Waals surface area (Å²) >= 11 is 2.75. The first-order chi connectivity index (χ1) is 14.8. The third-order valence-corrected chi connectivity index (χ3v) is 7.12. The Bertz CT molecular complexity index is 1070. The van der Waals surface area contributed by atoms with Gasteiger partial charge in [0.1, 0.15) is 17.1 Å². The minimum atomic E-state index is -1.16. The molecule has 3 N–H and O–H groups in total. The highest BCUT2D eigenvalue weighted by molar-refractivity contribution is 8.01. The van der Waals surface area contributed by atoms with Gasteiger partial charge in [0, 0.05) is 29.7 Å².